The van der Waals surface area contributed by atoms with Gasteiger partial charge in [-0.2, -0.15) is 0 Å². The van der Waals surface area contributed by atoms with Crippen LogP contribution in [0.5, 0.6) is 0 Å². The van der Waals surface area contributed by atoms with E-state index in [0.29, 0.717) is 6.04 Å². The van der Waals surface area contributed by atoms with E-state index in [0.717, 1.165) is 6.54 Å². The van der Waals surface area contributed by atoms with Crippen LogP contribution in [-0.4, -0.2) is 6.54 Å². The summed E-state index contributed by atoms with van der Waals surface area (Å²) in [6.45, 7) is 7.39. The van der Waals surface area contributed by atoms with E-state index in [4.69, 9.17) is 0 Å². The monoisotopic (exact) mass is 273 g/mol. The molecule has 1 unspecified atom stereocenters. The standard InChI is InChI=1S/C11H16BrNS/c1-4-13-10(5-8(2)3)11-6-9(12)7-14-11/h5-7,10,13H,4H2,1-3H3. The molecule has 1 rings (SSSR count). The van der Waals surface area contributed by atoms with Gasteiger partial charge in [-0.25, -0.2) is 0 Å². The predicted octanol–water partition coefficient (Wildman–Crippen LogP) is 4.13. The molecule has 0 radical (unpaired) electrons. The fourth-order valence-electron chi connectivity index (χ4n) is 1.29. The van der Waals surface area contributed by atoms with Crippen LogP contribution < -0.4 is 5.32 Å². The molecule has 1 aromatic heterocycles. The molecule has 1 nitrogen and oxygen atoms in total. The van der Waals surface area contributed by atoms with Gasteiger partial charge in [0.1, 0.15) is 0 Å². The van der Waals surface area contributed by atoms with Crippen molar-refractivity contribution >= 4 is 27.3 Å². The van der Waals surface area contributed by atoms with Gasteiger partial charge in [0.2, 0.25) is 0 Å². The summed E-state index contributed by atoms with van der Waals surface area (Å²) in [5, 5.41) is 5.58. The fraction of sp³-hybridized carbons (Fsp3) is 0.455. The van der Waals surface area contributed by atoms with Crippen LogP contribution in [0.2, 0.25) is 0 Å². The van der Waals surface area contributed by atoms with E-state index in [-0.39, 0.29) is 0 Å². The Morgan fingerprint density at radius 3 is 2.79 bits per heavy atom. The van der Waals surface area contributed by atoms with Crippen molar-refractivity contribution in [2.75, 3.05) is 6.54 Å². The van der Waals surface area contributed by atoms with Gasteiger partial charge in [0, 0.05) is 14.7 Å². The molecule has 78 valence electrons. The van der Waals surface area contributed by atoms with Crippen LogP contribution in [0.1, 0.15) is 31.7 Å². The minimum absolute atomic E-state index is 0.362. The number of nitrogens with one attached hydrogen (secondary N) is 1. The molecule has 14 heavy (non-hydrogen) atoms. The summed E-state index contributed by atoms with van der Waals surface area (Å²) < 4.78 is 1.17. The summed E-state index contributed by atoms with van der Waals surface area (Å²) in [5.41, 5.74) is 1.35. The molecule has 1 atom stereocenters. The Labute approximate surface area is 98.4 Å². The molecule has 0 bridgehead atoms. The van der Waals surface area contributed by atoms with Gasteiger partial charge in [-0.3, -0.25) is 0 Å². The molecule has 0 aliphatic heterocycles. The average Bonchev–Trinajstić information content (AvgIpc) is 2.50. The van der Waals surface area contributed by atoms with Gasteiger partial charge in [-0.05, 0) is 42.4 Å². The topological polar surface area (TPSA) is 12.0 Å². The van der Waals surface area contributed by atoms with Crippen LogP contribution in [0.25, 0.3) is 0 Å². The number of allylic oxidation sites excluding steroid dienone is 1. The number of thiophene rings is 1. The highest BCUT2D eigenvalue weighted by Crippen LogP contribution is 2.26. The first kappa shape index (κ1) is 12.0. The summed E-state index contributed by atoms with van der Waals surface area (Å²) in [6.07, 6.45) is 2.27. The highest BCUT2D eigenvalue weighted by Gasteiger charge is 2.08. The Morgan fingerprint density at radius 1 is 1.64 bits per heavy atom. The summed E-state index contributed by atoms with van der Waals surface area (Å²) in [4.78, 5) is 1.36. The molecule has 0 aliphatic rings. The number of hydrogen-bond donors (Lipinski definition) is 1. The molecular weight excluding hydrogens is 258 g/mol. The van der Waals surface area contributed by atoms with Gasteiger partial charge in [0.25, 0.3) is 0 Å². The lowest BCUT2D eigenvalue weighted by molar-refractivity contribution is 0.654. The largest absolute Gasteiger partial charge is 0.306 e. The third kappa shape index (κ3) is 3.56. The second kappa shape index (κ2) is 5.69. The van der Waals surface area contributed by atoms with Crippen molar-refractivity contribution in [3.8, 4) is 0 Å². The maximum atomic E-state index is 3.48. The van der Waals surface area contributed by atoms with Crippen LogP contribution in [0.15, 0.2) is 27.6 Å². The molecule has 0 aliphatic carbocycles. The Balaban J connectivity index is 2.82. The third-order valence-electron chi connectivity index (χ3n) is 1.82. The Morgan fingerprint density at radius 2 is 2.36 bits per heavy atom. The summed E-state index contributed by atoms with van der Waals surface area (Å²) in [6, 6.07) is 2.54. The van der Waals surface area contributed by atoms with Crippen LogP contribution in [0, 0.1) is 0 Å². The number of rotatable bonds is 4. The molecule has 0 amide bonds. The van der Waals surface area contributed by atoms with E-state index >= 15 is 0 Å². The van der Waals surface area contributed by atoms with Gasteiger partial charge in [0.15, 0.2) is 0 Å². The maximum Gasteiger partial charge on any atom is 0.0603 e. The van der Waals surface area contributed by atoms with Gasteiger partial charge < -0.3 is 5.32 Å². The van der Waals surface area contributed by atoms with Crippen LogP contribution in [0.4, 0.5) is 0 Å². The van der Waals surface area contributed by atoms with Crippen molar-refractivity contribution in [3.05, 3.63) is 32.4 Å². The minimum atomic E-state index is 0.362. The third-order valence-corrected chi connectivity index (χ3v) is 3.59. The van der Waals surface area contributed by atoms with Gasteiger partial charge in [-0.1, -0.05) is 18.6 Å². The molecule has 0 spiro atoms. The Hall–Kier alpha value is -0.120. The molecule has 1 aromatic rings. The van der Waals surface area contributed by atoms with Gasteiger partial charge in [-0.15, -0.1) is 11.3 Å². The molecule has 1 N–H and O–H groups in total. The van der Waals surface area contributed by atoms with Crippen LogP contribution >= 0.6 is 27.3 Å². The normalized spacial score (nSPS) is 12.6. The van der Waals surface area contributed by atoms with E-state index in [1.165, 1.54) is 14.9 Å². The maximum absolute atomic E-state index is 3.48. The first-order valence-corrected chi connectivity index (χ1v) is 6.43. The molecule has 0 fully saturated rings. The van der Waals surface area contributed by atoms with Crippen molar-refractivity contribution < 1.29 is 0 Å². The van der Waals surface area contributed by atoms with Crippen molar-refractivity contribution in [2.24, 2.45) is 0 Å². The zero-order valence-electron chi connectivity index (χ0n) is 8.80. The van der Waals surface area contributed by atoms with E-state index in [2.05, 4.69) is 59.5 Å². The van der Waals surface area contributed by atoms with Crippen molar-refractivity contribution in [3.63, 3.8) is 0 Å². The van der Waals surface area contributed by atoms with Crippen molar-refractivity contribution in [1.29, 1.82) is 0 Å². The minimum Gasteiger partial charge on any atom is -0.306 e. The molecule has 0 saturated carbocycles. The van der Waals surface area contributed by atoms with Gasteiger partial charge in [0.05, 0.1) is 6.04 Å². The summed E-state index contributed by atoms with van der Waals surface area (Å²) in [7, 11) is 0. The average molecular weight is 274 g/mol. The quantitative estimate of drug-likeness (QED) is 0.814. The van der Waals surface area contributed by atoms with Crippen LogP contribution in [0.3, 0.4) is 0 Å². The first-order valence-electron chi connectivity index (χ1n) is 4.75. The zero-order chi connectivity index (χ0) is 10.6. The number of hydrogen-bond acceptors (Lipinski definition) is 2. The highest BCUT2D eigenvalue weighted by atomic mass is 79.9. The molecule has 3 heteroatoms. The lowest BCUT2D eigenvalue weighted by atomic mass is 10.1. The van der Waals surface area contributed by atoms with E-state index in [1.54, 1.807) is 11.3 Å². The van der Waals surface area contributed by atoms with Gasteiger partial charge >= 0.3 is 0 Å². The predicted molar refractivity (Wildman–Crippen MR) is 67.9 cm³/mol. The number of likely N-dealkylation sites (N-methyl/N-ethyl adjacent to an activating group) is 1. The second-order valence-corrected chi connectivity index (χ2v) is 5.31. The molecular formula is C11H16BrNS. The SMILES string of the molecule is CCNC(C=C(C)C)c1cc(Br)cs1. The molecule has 0 aromatic carbocycles. The first-order chi connectivity index (χ1) is 6.63. The van der Waals surface area contributed by atoms with E-state index < -0.39 is 0 Å². The van der Waals surface area contributed by atoms with Crippen LogP contribution in [-0.2, 0) is 0 Å². The highest BCUT2D eigenvalue weighted by molar-refractivity contribution is 9.10. The zero-order valence-corrected chi connectivity index (χ0v) is 11.2. The van der Waals surface area contributed by atoms with Crippen molar-refractivity contribution in [1.82, 2.24) is 5.32 Å². The van der Waals surface area contributed by atoms with E-state index in [1.807, 2.05) is 0 Å². The Kier molecular flexibility index (Phi) is 4.85. The fourth-order valence-corrected chi connectivity index (χ4v) is 2.77. The Bertz CT molecular complexity index is 313. The second-order valence-electron chi connectivity index (χ2n) is 3.45. The van der Waals surface area contributed by atoms with E-state index in [9.17, 15) is 0 Å². The lowest BCUT2D eigenvalue weighted by Crippen LogP contribution is -2.18. The summed E-state index contributed by atoms with van der Waals surface area (Å²) >= 11 is 5.27. The smallest absolute Gasteiger partial charge is 0.0603 e. The summed E-state index contributed by atoms with van der Waals surface area (Å²) in [5.74, 6) is 0. The molecule has 1 heterocycles. The van der Waals surface area contributed by atoms with Crippen molar-refractivity contribution in [2.45, 2.75) is 26.8 Å². The number of halogens is 1. The molecule has 0 saturated heterocycles. The lowest BCUT2D eigenvalue weighted by Gasteiger charge is -2.12.